The van der Waals surface area contributed by atoms with Crippen LogP contribution in [-0.4, -0.2) is 6.34 Å². The van der Waals surface area contributed by atoms with Crippen LogP contribution >= 0.6 is 0 Å². The van der Waals surface area contributed by atoms with Crippen LogP contribution in [0.15, 0.2) is 47.7 Å². The van der Waals surface area contributed by atoms with E-state index < -0.39 is 0 Å². The Morgan fingerprint density at radius 1 is 1.44 bits per heavy atom. The Kier molecular flexibility index (Phi) is 5.08. The lowest BCUT2D eigenvalue weighted by molar-refractivity contribution is 0.0904. The highest BCUT2D eigenvalue weighted by Crippen LogP contribution is 2.14. The lowest BCUT2D eigenvalue weighted by atomic mass is 10.1. The third-order valence-corrected chi connectivity index (χ3v) is 1.93. The van der Waals surface area contributed by atoms with Crippen molar-refractivity contribution in [2.45, 2.75) is 19.9 Å². The number of hydrogen-bond acceptors (Lipinski definition) is 3. The zero-order chi connectivity index (χ0) is 11.8. The Morgan fingerprint density at radius 2 is 2.12 bits per heavy atom. The molecule has 0 saturated carbocycles. The molecule has 1 rings (SSSR count). The first-order chi connectivity index (χ1) is 7.70. The van der Waals surface area contributed by atoms with Gasteiger partial charge in [0.25, 0.3) is 0 Å². The first kappa shape index (κ1) is 12.3. The van der Waals surface area contributed by atoms with E-state index in [1.165, 1.54) is 5.56 Å². The quantitative estimate of drug-likeness (QED) is 0.254. The molecule has 0 spiro atoms. The molecule has 2 N–H and O–H groups in total. The maximum atomic E-state index is 4.88. The topological polar surface area (TPSA) is 45.6 Å². The molecule has 1 aromatic carbocycles. The monoisotopic (exact) mass is 219 g/mol. The van der Waals surface area contributed by atoms with E-state index in [0.29, 0.717) is 5.76 Å². The second kappa shape index (κ2) is 6.63. The van der Waals surface area contributed by atoms with Gasteiger partial charge in [0.15, 0.2) is 0 Å². The molecule has 0 aliphatic rings. The van der Waals surface area contributed by atoms with Gasteiger partial charge in [-0.05, 0) is 19.4 Å². The van der Waals surface area contributed by atoms with E-state index >= 15 is 0 Å². The molecular weight excluding hydrogens is 202 g/mol. The number of hydrogen-bond donors (Lipinski definition) is 2. The summed E-state index contributed by atoms with van der Waals surface area (Å²) in [6.07, 6.45) is 1.56. The number of benzene rings is 1. The van der Waals surface area contributed by atoms with Gasteiger partial charge >= 0.3 is 0 Å². The largest absolute Gasteiger partial charge is 0.395 e. The average molecular weight is 219 g/mol. The number of nitrogens with zero attached hydrogens (tertiary/aromatic N) is 1. The van der Waals surface area contributed by atoms with Crippen molar-refractivity contribution in [1.29, 1.82) is 0 Å². The van der Waals surface area contributed by atoms with Crippen LogP contribution in [0.2, 0.25) is 0 Å². The van der Waals surface area contributed by atoms with Crippen molar-refractivity contribution in [3.05, 3.63) is 48.2 Å². The van der Waals surface area contributed by atoms with E-state index in [4.69, 9.17) is 4.84 Å². The van der Waals surface area contributed by atoms with Crippen molar-refractivity contribution < 1.29 is 4.84 Å². The Bertz CT molecular complexity index is 349. The summed E-state index contributed by atoms with van der Waals surface area (Å²) in [6, 6.07) is 10.2. The Morgan fingerprint density at radius 3 is 2.75 bits per heavy atom. The molecule has 0 aromatic heterocycles. The molecule has 4 heteroatoms. The third kappa shape index (κ3) is 4.61. The molecule has 4 nitrogen and oxygen atoms in total. The summed E-state index contributed by atoms with van der Waals surface area (Å²) in [5.74, 6) is 0.581. The summed E-state index contributed by atoms with van der Waals surface area (Å²) < 4.78 is 0. The zero-order valence-electron chi connectivity index (χ0n) is 9.60. The van der Waals surface area contributed by atoms with Gasteiger partial charge < -0.3 is 4.84 Å². The molecule has 1 unspecified atom stereocenters. The van der Waals surface area contributed by atoms with Crippen LogP contribution in [0.3, 0.4) is 0 Å². The molecule has 1 atom stereocenters. The first-order valence-electron chi connectivity index (χ1n) is 5.09. The number of allylic oxidation sites excluding steroid dienone is 1. The van der Waals surface area contributed by atoms with Crippen molar-refractivity contribution in [2.24, 2.45) is 4.99 Å². The minimum atomic E-state index is 0.111. The van der Waals surface area contributed by atoms with Crippen LogP contribution < -0.4 is 11.0 Å². The highest BCUT2D eigenvalue weighted by Gasteiger charge is 1.99. The maximum absolute atomic E-state index is 4.88. The van der Waals surface area contributed by atoms with E-state index in [-0.39, 0.29) is 6.04 Å². The average Bonchev–Trinajstić information content (AvgIpc) is 2.29. The predicted molar refractivity (Wildman–Crippen MR) is 65.5 cm³/mol. The van der Waals surface area contributed by atoms with Crippen molar-refractivity contribution in [3.63, 3.8) is 0 Å². The fourth-order valence-corrected chi connectivity index (χ4v) is 1.11. The predicted octanol–water partition coefficient (Wildman–Crippen LogP) is 2.34. The number of rotatable bonds is 6. The van der Waals surface area contributed by atoms with Crippen LogP contribution in [0.4, 0.5) is 0 Å². The molecule has 16 heavy (non-hydrogen) atoms. The summed E-state index contributed by atoms with van der Waals surface area (Å²) in [5, 5.41) is 0. The van der Waals surface area contributed by atoms with E-state index in [0.717, 1.165) is 0 Å². The zero-order valence-corrected chi connectivity index (χ0v) is 9.60. The van der Waals surface area contributed by atoms with Crippen LogP contribution in [0.5, 0.6) is 0 Å². The van der Waals surface area contributed by atoms with Crippen LogP contribution in [-0.2, 0) is 4.84 Å². The maximum Gasteiger partial charge on any atom is 0.116 e. The Hall–Kier alpha value is -1.81. The second-order valence-electron chi connectivity index (χ2n) is 3.42. The van der Waals surface area contributed by atoms with Crippen molar-refractivity contribution in [3.8, 4) is 0 Å². The SMILES string of the molecule is C=C(C)ONNC=NC(C)c1ccccc1. The van der Waals surface area contributed by atoms with Crippen molar-refractivity contribution in [1.82, 2.24) is 11.0 Å². The van der Waals surface area contributed by atoms with E-state index in [9.17, 15) is 0 Å². The van der Waals surface area contributed by atoms with Gasteiger partial charge in [-0.3, -0.25) is 10.4 Å². The molecule has 0 aliphatic carbocycles. The second-order valence-corrected chi connectivity index (χ2v) is 3.42. The van der Waals surface area contributed by atoms with Gasteiger partial charge in [-0.15, -0.1) is 0 Å². The minimum Gasteiger partial charge on any atom is -0.395 e. The fraction of sp³-hybridized carbons (Fsp3) is 0.250. The fourth-order valence-electron chi connectivity index (χ4n) is 1.11. The Labute approximate surface area is 96.0 Å². The highest BCUT2D eigenvalue weighted by molar-refractivity contribution is 5.53. The molecule has 0 radical (unpaired) electrons. The Balaban J connectivity index is 2.31. The highest BCUT2D eigenvalue weighted by atomic mass is 16.7. The summed E-state index contributed by atoms with van der Waals surface area (Å²) in [5.41, 5.74) is 6.35. The van der Waals surface area contributed by atoms with Crippen LogP contribution in [0.1, 0.15) is 25.5 Å². The van der Waals surface area contributed by atoms with Gasteiger partial charge in [-0.25, -0.2) is 0 Å². The van der Waals surface area contributed by atoms with Gasteiger partial charge in [-0.2, -0.15) is 0 Å². The van der Waals surface area contributed by atoms with Gasteiger partial charge in [0, 0.05) is 0 Å². The number of hydrazine groups is 1. The third-order valence-electron chi connectivity index (χ3n) is 1.93. The lowest BCUT2D eigenvalue weighted by Crippen LogP contribution is -2.29. The molecule has 0 bridgehead atoms. The van der Waals surface area contributed by atoms with E-state index in [1.807, 2.05) is 37.3 Å². The normalized spacial score (nSPS) is 12.4. The minimum absolute atomic E-state index is 0.111. The molecule has 0 fully saturated rings. The molecule has 1 aromatic rings. The van der Waals surface area contributed by atoms with Gasteiger partial charge in [0.1, 0.15) is 5.76 Å². The van der Waals surface area contributed by atoms with Gasteiger partial charge in [0.05, 0.1) is 12.4 Å². The van der Waals surface area contributed by atoms with Gasteiger partial charge in [0.2, 0.25) is 0 Å². The lowest BCUT2D eigenvalue weighted by Gasteiger charge is -2.07. The summed E-state index contributed by atoms with van der Waals surface area (Å²) in [4.78, 5) is 9.17. The molecule has 0 amide bonds. The van der Waals surface area contributed by atoms with E-state index in [2.05, 4.69) is 22.6 Å². The number of nitrogens with one attached hydrogen (secondary N) is 2. The summed E-state index contributed by atoms with van der Waals surface area (Å²) in [7, 11) is 0. The summed E-state index contributed by atoms with van der Waals surface area (Å²) >= 11 is 0. The number of aliphatic imine (C=N–C) groups is 1. The first-order valence-corrected chi connectivity index (χ1v) is 5.09. The van der Waals surface area contributed by atoms with Crippen LogP contribution in [0.25, 0.3) is 0 Å². The molecule has 86 valence electrons. The van der Waals surface area contributed by atoms with Crippen molar-refractivity contribution in [2.75, 3.05) is 0 Å². The van der Waals surface area contributed by atoms with Gasteiger partial charge in [-0.1, -0.05) is 42.5 Å². The van der Waals surface area contributed by atoms with Crippen LogP contribution in [0, 0.1) is 0 Å². The molecule has 0 aliphatic heterocycles. The van der Waals surface area contributed by atoms with Crippen molar-refractivity contribution >= 4 is 6.34 Å². The van der Waals surface area contributed by atoms with E-state index in [1.54, 1.807) is 13.3 Å². The molecule has 0 saturated heterocycles. The molecule has 0 heterocycles. The standard InChI is InChI=1S/C12H17N3O/c1-10(2)16-15-14-9-13-11(3)12-7-5-4-6-8-12/h4-9,11,15H,1H2,2-3H3,(H,13,14). The molecular formula is C12H17N3O. The summed E-state index contributed by atoms with van der Waals surface area (Å²) in [6.45, 7) is 7.34. The smallest absolute Gasteiger partial charge is 0.116 e.